The molecule has 1 aliphatic rings. The minimum atomic E-state index is -1.17. The molecule has 0 spiro atoms. The molecule has 1 saturated heterocycles. The van der Waals surface area contributed by atoms with Crippen molar-refractivity contribution in [1.29, 1.82) is 0 Å². The van der Waals surface area contributed by atoms with Crippen molar-refractivity contribution in [2.45, 2.75) is 69.1 Å². The number of nitrogens with one attached hydrogen (secondary N) is 2. The van der Waals surface area contributed by atoms with Gasteiger partial charge in [0.25, 0.3) is 0 Å². The number of nitrogens with two attached hydrogens (primary N) is 2. The largest absolute Gasteiger partial charge is 0.480 e. The molecule has 0 radical (unpaired) electrons. The maximum atomic E-state index is 14.6. The van der Waals surface area contributed by atoms with Crippen molar-refractivity contribution < 1.29 is 19.5 Å². The van der Waals surface area contributed by atoms with Crippen LogP contribution >= 0.6 is 0 Å². The van der Waals surface area contributed by atoms with E-state index in [9.17, 15) is 19.5 Å². The van der Waals surface area contributed by atoms with E-state index >= 15 is 0 Å². The number of carboxylic acid groups (broad SMARTS) is 1. The molecule has 12 nitrogen and oxygen atoms in total. The molecule has 12 heteroatoms. The van der Waals surface area contributed by atoms with Gasteiger partial charge in [-0.15, -0.1) is 0 Å². The van der Waals surface area contributed by atoms with Crippen molar-refractivity contribution in [3.05, 3.63) is 138 Å². The summed E-state index contributed by atoms with van der Waals surface area (Å²) in [5, 5.41) is 16.3. The molecule has 1 aromatic heterocycles. The number of H-pyrrole nitrogens is 1. The van der Waals surface area contributed by atoms with Crippen LogP contribution in [0, 0.1) is 0 Å². The first-order chi connectivity index (χ1) is 26.7. The Morgan fingerprint density at radius 3 is 2.24 bits per heavy atom. The van der Waals surface area contributed by atoms with Crippen molar-refractivity contribution in [1.82, 2.24) is 25.1 Å². The molecule has 4 atom stereocenters. The van der Waals surface area contributed by atoms with Crippen molar-refractivity contribution in [3.8, 4) is 0 Å². The molecule has 4 aromatic carbocycles. The molecule has 55 heavy (non-hydrogen) atoms. The molecule has 286 valence electrons. The number of aromatic amines is 1. The predicted molar refractivity (Wildman–Crippen MR) is 214 cm³/mol. The first-order valence-electron chi connectivity index (χ1n) is 18.9. The molecule has 2 amide bonds. The Balaban J connectivity index is 1.36. The molecule has 0 aliphatic carbocycles. The highest BCUT2D eigenvalue weighted by Crippen LogP contribution is 2.34. The molecule has 7 N–H and O–H groups in total. The van der Waals surface area contributed by atoms with E-state index in [1.807, 2.05) is 83.8 Å². The van der Waals surface area contributed by atoms with Crippen LogP contribution in [-0.2, 0) is 20.8 Å². The second-order valence-electron chi connectivity index (χ2n) is 14.2. The molecule has 0 bridgehead atoms. The van der Waals surface area contributed by atoms with E-state index in [2.05, 4.69) is 44.5 Å². The third-order valence-corrected chi connectivity index (χ3v) is 10.5. The van der Waals surface area contributed by atoms with Gasteiger partial charge in [0.05, 0.1) is 18.4 Å². The van der Waals surface area contributed by atoms with E-state index in [0.29, 0.717) is 51.0 Å². The lowest BCUT2D eigenvalue weighted by Gasteiger charge is -2.38. The summed E-state index contributed by atoms with van der Waals surface area (Å²) in [6, 6.07) is 31.8. The highest BCUT2D eigenvalue weighted by Gasteiger charge is 2.39. The lowest BCUT2D eigenvalue weighted by atomic mass is 9.90. The normalized spacial score (nSPS) is 17.1. The summed E-state index contributed by atoms with van der Waals surface area (Å²) in [7, 11) is 0. The number of amides is 2. The van der Waals surface area contributed by atoms with Gasteiger partial charge in [-0.2, -0.15) is 0 Å². The molecule has 1 aliphatic heterocycles. The number of hydrogen-bond acceptors (Lipinski definition) is 6. The van der Waals surface area contributed by atoms with Crippen LogP contribution in [0.25, 0.3) is 10.8 Å². The van der Waals surface area contributed by atoms with E-state index < -0.39 is 24.1 Å². The Bertz CT molecular complexity index is 2010. The zero-order chi connectivity index (χ0) is 38.7. The maximum Gasteiger partial charge on any atom is 0.326 e. The van der Waals surface area contributed by atoms with E-state index in [0.717, 1.165) is 27.5 Å². The lowest BCUT2D eigenvalue weighted by molar-refractivity contribution is -0.152. The highest BCUT2D eigenvalue weighted by atomic mass is 16.4. The Labute approximate surface area is 321 Å². The molecular formula is C43H50N8O4. The Morgan fingerprint density at radius 2 is 1.62 bits per heavy atom. The standard InChI is InChI=1S/C43H50N8O4/c1-29(52)51(40(42(54)55)25-36-26-46-28-48-36)39(34-19-18-30-11-8-9-16-33(30)23-34)24-35-20-22-50(41(53)38(49-35)17-10-21-47-43(44)45)27-37(31-12-4-2-5-13-31)32-14-6-3-7-15-32/h2-9,11-16,18-19,23,26,28,35,37-40,49H,10,17,20-22,24-25,27H2,1H3,(H,46,48)(H,54,55)(H4,44,45,47)/t35-,38-,39?,40-/m0/s1. The molecular weight excluding hydrogens is 693 g/mol. The third-order valence-electron chi connectivity index (χ3n) is 10.5. The number of hydrogen-bond donors (Lipinski definition) is 5. The van der Waals surface area contributed by atoms with E-state index in [4.69, 9.17) is 11.5 Å². The van der Waals surface area contributed by atoms with Gasteiger partial charge in [-0.3, -0.25) is 14.6 Å². The number of aliphatic carboxylic acids is 1. The fraction of sp³-hybridized carbons (Fsp3) is 0.326. The molecule has 1 unspecified atom stereocenters. The molecule has 6 rings (SSSR count). The number of imidazole rings is 1. The monoisotopic (exact) mass is 742 g/mol. The van der Waals surface area contributed by atoms with E-state index in [1.165, 1.54) is 18.2 Å². The molecule has 2 heterocycles. The summed E-state index contributed by atoms with van der Waals surface area (Å²) >= 11 is 0. The number of carboxylic acids is 1. The fourth-order valence-electron chi connectivity index (χ4n) is 7.81. The van der Waals surface area contributed by atoms with Crippen molar-refractivity contribution >= 4 is 34.5 Å². The minimum Gasteiger partial charge on any atom is -0.480 e. The van der Waals surface area contributed by atoms with Gasteiger partial charge in [-0.05, 0) is 59.2 Å². The summed E-state index contributed by atoms with van der Waals surface area (Å²) in [4.78, 5) is 56.0. The Kier molecular flexibility index (Phi) is 12.9. The predicted octanol–water partition coefficient (Wildman–Crippen LogP) is 4.98. The van der Waals surface area contributed by atoms with Gasteiger partial charge in [-0.25, -0.2) is 9.78 Å². The number of guanidine groups is 1. The summed E-state index contributed by atoms with van der Waals surface area (Å²) < 4.78 is 0. The zero-order valence-electron chi connectivity index (χ0n) is 31.1. The van der Waals surface area contributed by atoms with Gasteiger partial charge in [0, 0.05) is 56.8 Å². The van der Waals surface area contributed by atoms with Gasteiger partial charge in [-0.1, -0.05) is 97.1 Å². The van der Waals surface area contributed by atoms with Crippen LogP contribution in [-0.4, -0.2) is 86.4 Å². The van der Waals surface area contributed by atoms with E-state index in [1.54, 1.807) is 6.20 Å². The van der Waals surface area contributed by atoms with Gasteiger partial charge >= 0.3 is 5.97 Å². The maximum absolute atomic E-state index is 14.6. The fourth-order valence-corrected chi connectivity index (χ4v) is 7.81. The average molecular weight is 743 g/mol. The first kappa shape index (κ1) is 38.7. The van der Waals surface area contributed by atoms with Crippen LogP contribution in [0.15, 0.2) is 121 Å². The van der Waals surface area contributed by atoms with Gasteiger partial charge < -0.3 is 36.7 Å². The third kappa shape index (κ3) is 9.95. The summed E-state index contributed by atoms with van der Waals surface area (Å²) in [5.74, 6) is -1.55. The lowest BCUT2D eigenvalue weighted by Crippen LogP contribution is -2.50. The SMILES string of the molecule is CC(=O)N(C(C[C@@H]1CCN(CC(c2ccccc2)c2ccccc2)C(=O)[C@H](CCCN=C(N)N)N1)c1ccc2ccccc2c1)[C@@H](Cc1cnc[nH]1)C(=O)O. The van der Waals surface area contributed by atoms with Gasteiger partial charge in [0.15, 0.2) is 5.96 Å². The average Bonchev–Trinajstić information content (AvgIpc) is 3.66. The number of fused-ring (bicyclic) bond motifs is 1. The van der Waals surface area contributed by atoms with Crippen LogP contribution in [0.1, 0.15) is 67.0 Å². The number of carbonyl (C=O) groups is 3. The summed E-state index contributed by atoms with van der Waals surface area (Å²) in [6.07, 6.45) is 5.14. The van der Waals surface area contributed by atoms with Crippen LogP contribution in [0.4, 0.5) is 0 Å². The zero-order valence-corrected chi connectivity index (χ0v) is 31.1. The number of carbonyl (C=O) groups excluding carboxylic acids is 2. The van der Waals surface area contributed by atoms with Crippen LogP contribution in [0.3, 0.4) is 0 Å². The summed E-state index contributed by atoms with van der Waals surface area (Å²) in [5.41, 5.74) is 14.9. The summed E-state index contributed by atoms with van der Waals surface area (Å²) in [6.45, 7) is 2.74. The molecule has 1 fully saturated rings. The first-order valence-corrected chi connectivity index (χ1v) is 18.9. The second kappa shape index (κ2) is 18.4. The number of benzene rings is 4. The second-order valence-corrected chi connectivity index (χ2v) is 14.2. The number of aromatic nitrogens is 2. The van der Waals surface area contributed by atoms with Gasteiger partial charge in [0.1, 0.15) is 6.04 Å². The number of aliphatic imine (C=N–C) groups is 1. The van der Waals surface area contributed by atoms with Gasteiger partial charge in [0.2, 0.25) is 11.8 Å². The van der Waals surface area contributed by atoms with Crippen molar-refractivity contribution in [3.63, 3.8) is 0 Å². The number of rotatable bonds is 16. The Morgan fingerprint density at radius 1 is 0.945 bits per heavy atom. The molecule has 0 saturated carbocycles. The highest BCUT2D eigenvalue weighted by molar-refractivity contribution is 5.85. The van der Waals surface area contributed by atoms with Crippen LogP contribution in [0.2, 0.25) is 0 Å². The van der Waals surface area contributed by atoms with Crippen LogP contribution < -0.4 is 16.8 Å². The van der Waals surface area contributed by atoms with Crippen molar-refractivity contribution in [2.24, 2.45) is 16.5 Å². The Hall–Kier alpha value is -6.01. The number of nitrogens with zero attached hydrogens (tertiary/aromatic N) is 4. The van der Waals surface area contributed by atoms with Crippen LogP contribution in [0.5, 0.6) is 0 Å². The van der Waals surface area contributed by atoms with E-state index in [-0.39, 0.29) is 36.2 Å². The topological polar surface area (TPSA) is 183 Å². The quantitative estimate of drug-likeness (QED) is 0.0533. The minimum absolute atomic E-state index is 0.00103. The smallest absolute Gasteiger partial charge is 0.326 e. The van der Waals surface area contributed by atoms with Crippen molar-refractivity contribution in [2.75, 3.05) is 19.6 Å². The molecule has 5 aromatic rings.